The molecule has 104 valence electrons. The summed E-state index contributed by atoms with van der Waals surface area (Å²) >= 11 is 12.1. The Labute approximate surface area is 129 Å². The second kappa shape index (κ2) is 6.17. The molecule has 1 aliphatic carbocycles. The maximum absolute atomic E-state index is 6.05. The summed E-state index contributed by atoms with van der Waals surface area (Å²) < 4.78 is 0. The number of halogens is 2. The monoisotopic (exact) mass is 305 g/mol. The molecule has 0 bridgehead atoms. The van der Waals surface area contributed by atoms with E-state index in [1.807, 2.05) is 12.1 Å². The van der Waals surface area contributed by atoms with Crippen molar-refractivity contribution in [3.8, 4) is 0 Å². The topological polar surface area (TPSA) is 12.0 Å². The van der Waals surface area contributed by atoms with Gasteiger partial charge in [-0.25, -0.2) is 0 Å². The largest absolute Gasteiger partial charge is 0.306 e. The molecule has 3 rings (SSSR count). The van der Waals surface area contributed by atoms with E-state index >= 15 is 0 Å². The van der Waals surface area contributed by atoms with Crippen LogP contribution in [0.2, 0.25) is 10.0 Å². The van der Waals surface area contributed by atoms with E-state index < -0.39 is 0 Å². The molecule has 1 fully saturated rings. The Kier molecular flexibility index (Phi) is 4.30. The molecular weight excluding hydrogens is 289 g/mol. The Morgan fingerprint density at radius 2 is 1.65 bits per heavy atom. The number of rotatable bonds is 5. The summed E-state index contributed by atoms with van der Waals surface area (Å²) in [5.74, 6) is 0.757. The van der Waals surface area contributed by atoms with Crippen molar-refractivity contribution in [2.24, 2.45) is 5.92 Å². The molecule has 1 N–H and O–H groups in total. The van der Waals surface area contributed by atoms with Gasteiger partial charge in [0.25, 0.3) is 0 Å². The van der Waals surface area contributed by atoms with Gasteiger partial charge in [0.15, 0.2) is 0 Å². The van der Waals surface area contributed by atoms with Crippen molar-refractivity contribution in [1.82, 2.24) is 5.32 Å². The molecule has 0 amide bonds. The molecule has 0 aromatic heterocycles. The average Bonchev–Trinajstić information content (AvgIpc) is 3.24. The molecule has 0 saturated heterocycles. The van der Waals surface area contributed by atoms with Crippen LogP contribution in [0.3, 0.4) is 0 Å². The fourth-order valence-corrected chi connectivity index (χ4v) is 3.16. The second-order valence-corrected chi connectivity index (χ2v) is 6.26. The number of benzene rings is 2. The van der Waals surface area contributed by atoms with E-state index in [1.54, 1.807) is 6.07 Å². The molecule has 20 heavy (non-hydrogen) atoms. The number of nitrogens with one attached hydrogen (secondary N) is 1. The van der Waals surface area contributed by atoms with Gasteiger partial charge in [0.1, 0.15) is 0 Å². The van der Waals surface area contributed by atoms with Crippen molar-refractivity contribution in [3.63, 3.8) is 0 Å². The van der Waals surface area contributed by atoms with Crippen LogP contribution in [0.15, 0.2) is 48.5 Å². The minimum Gasteiger partial charge on any atom is -0.306 e. The first-order valence-corrected chi connectivity index (χ1v) is 7.71. The van der Waals surface area contributed by atoms with E-state index in [1.165, 1.54) is 18.4 Å². The van der Waals surface area contributed by atoms with Gasteiger partial charge in [-0.1, -0.05) is 53.5 Å². The highest BCUT2D eigenvalue weighted by Crippen LogP contribution is 2.41. The van der Waals surface area contributed by atoms with Crippen LogP contribution in [0.1, 0.15) is 30.0 Å². The second-order valence-electron chi connectivity index (χ2n) is 5.38. The molecule has 1 aliphatic rings. The van der Waals surface area contributed by atoms with Crippen LogP contribution < -0.4 is 5.32 Å². The van der Waals surface area contributed by atoms with E-state index in [-0.39, 0.29) is 0 Å². The zero-order valence-electron chi connectivity index (χ0n) is 11.2. The predicted octanol–water partition coefficient (Wildman–Crippen LogP) is 5.23. The highest BCUT2D eigenvalue weighted by atomic mass is 35.5. The third-order valence-corrected chi connectivity index (χ3v) is 4.14. The van der Waals surface area contributed by atoms with Crippen LogP contribution in [0.4, 0.5) is 0 Å². The minimum atomic E-state index is 0.425. The Balaban J connectivity index is 1.71. The van der Waals surface area contributed by atoms with Crippen molar-refractivity contribution < 1.29 is 0 Å². The predicted molar refractivity (Wildman–Crippen MR) is 85.2 cm³/mol. The lowest BCUT2D eigenvalue weighted by atomic mass is 10.0. The summed E-state index contributed by atoms with van der Waals surface area (Å²) in [7, 11) is 0. The smallest absolute Gasteiger partial charge is 0.0424 e. The van der Waals surface area contributed by atoms with Gasteiger partial charge in [0.2, 0.25) is 0 Å². The molecule has 3 heteroatoms. The first-order valence-electron chi connectivity index (χ1n) is 6.95. The molecule has 0 aliphatic heterocycles. The lowest BCUT2D eigenvalue weighted by Gasteiger charge is -2.19. The van der Waals surface area contributed by atoms with Crippen LogP contribution in [-0.2, 0) is 6.54 Å². The summed E-state index contributed by atoms with van der Waals surface area (Å²) in [4.78, 5) is 0. The summed E-state index contributed by atoms with van der Waals surface area (Å²) in [5, 5.41) is 5.03. The Bertz CT molecular complexity index is 559. The molecule has 2 aromatic carbocycles. The van der Waals surface area contributed by atoms with Crippen molar-refractivity contribution in [1.29, 1.82) is 0 Å². The quantitative estimate of drug-likeness (QED) is 0.797. The number of hydrogen-bond donors (Lipinski definition) is 1. The normalized spacial score (nSPS) is 16.1. The van der Waals surface area contributed by atoms with Crippen LogP contribution in [-0.4, -0.2) is 0 Å². The van der Waals surface area contributed by atoms with Crippen molar-refractivity contribution in [2.45, 2.75) is 25.4 Å². The van der Waals surface area contributed by atoms with Crippen LogP contribution >= 0.6 is 23.2 Å². The molecule has 1 saturated carbocycles. The summed E-state index contributed by atoms with van der Waals surface area (Å²) in [5.41, 5.74) is 2.49. The fraction of sp³-hybridized carbons (Fsp3) is 0.294. The Hall–Kier alpha value is -1.02. The van der Waals surface area contributed by atoms with Gasteiger partial charge in [-0.3, -0.25) is 0 Å². The molecule has 1 unspecified atom stereocenters. The van der Waals surface area contributed by atoms with Gasteiger partial charge in [-0.05, 0) is 48.1 Å². The summed E-state index contributed by atoms with van der Waals surface area (Å²) in [6.07, 6.45) is 2.62. The molecule has 0 heterocycles. The molecule has 2 aromatic rings. The average molecular weight is 306 g/mol. The maximum atomic E-state index is 6.05. The van der Waals surface area contributed by atoms with Crippen molar-refractivity contribution in [2.75, 3.05) is 0 Å². The van der Waals surface area contributed by atoms with Gasteiger partial charge >= 0.3 is 0 Å². The van der Waals surface area contributed by atoms with E-state index in [0.29, 0.717) is 16.1 Å². The zero-order chi connectivity index (χ0) is 13.9. The van der Waals surface area contributed by atoms with Crippen LogP contribution in [0.25, 0.3) is 0 Å². The van der Waals surface area contributed by atoms with E-state index in [9.17, 15) is 0 Å². The Morgan fingerprint density at radius 3 is 2.25 bits per heavy atom. The summed E-state index contributed by atoms with van der Waals surface area (Å²) in [6, 6.07) is 16.8. The highest BCUT2D eigenvalue weighted by molar-refractivity contribution is 6.34. The summed E-state index contributed by atoms with van der Waals surface area (Å²) in [6.45, 7) is 0.788. The first kappa shape index (κ1) is 13.9. The third-order valence-electron chi connectivity index (χ3n) is 3.70. The van der Waals surface area contributed by atoms with Crippen LogP contribution in [0, 0.1) is 5.92 Å². The number of hydrogen-bond acceptors (Lipinski definition) is 1. The van der Waals surface area contributed by atoms with Gasteiger partial charge in [0.05, 0.1) is 0 Å². The highest BCUT2D eigenvalue weighted by Gasteiger charge is 2.31. The lowest BCUT2D eigenvalue weighted by molar-refractivity contribution is 0.480. The minimum absolute atomic E-state index is 0.425. The van der Waals surface area contributed by atoms with E-state index in [0.717, 1.165) is 18.0 Å². The third kappa shape index (κ3) is 3.54. The molecule has 0 radical (unpaired) electrons. The van der Waals surface area contributed by atoms with Crippen molar-refractivity contribution in [3.05, 3.63) is 69.7 Å². The molecular formula is C17H17Cl2N. The van der Waals surface area contributed by atoms with Crippen LogP contribution in [0.5, 0.6) is 0 Å². The van der Waals surface area contributed by atoms with Gasteiger partial charge in [-0.15, -0.1) is 0 Å². The molecule has 1 nitrogen and oxygen atoms in total. The maximum Gasteiger partial charge on any atom is 0.0424 e. The van der Waals surface area contributed by atoms with Gasteiger partial charge in [-0.2, -0.15) is 0 Å². The molecule has 1 atom stereocenters. The SMILES string of the molecule is Clc1cc(Cl)cc(CNC(c2ccccc2)C2CC2)c1. The van der Waals surface area contributed by atoms with Gasteiger partial charge < -0.3 is 5.32 Å². The van der Waals surface area contributed by atoms with Crippen molar-refractivity contribution >= 4 is 23.2 Å². The van der Waals surface area contributed by atoms with E-state index in [4.69, 9.17) is 23.2 Å². The standard InChI is InChI=1S/C17H17Cl2N/c18-15-8-12(9-16(19)10-15)11-20-17(14-6-7-14)13-4-2-1-3-5-13/h1-5,8-10,14,17,20H,6-7,11H2. The molecule has 0 spiro atoms. The fourth-order valence-electron chi connectivity index (χ4n) is 2.59. The Morgan fingerprint density at radius 1 is 1.00 bits per heavy atom. The zero-order valence-corrected chi connectivity index (χ0v) is 12.7. The first-order chi connectivity index (χ1) is 9.72. The van der Waals surface area contributed by atoms with Gasteiger partial charge in [0, 0.05) is 22.6 Å². The van der Waals surface area contributed by atoms with E-state index in [2.05, 4.69) is 35.6 Å². The lowest BCUT2D eigenvalue weighted by Crippen LogP contribution is -2.22.